The maximum atomic E-state index is 13.7. The van der Waals surface area contributed by atoms with E-state index in [9.17, 15) is 4.39 Å². The van der Waals surface area contributed by atoms with Crippen LogP contribution in [0.1, 0.15) is 34.4 Å². The Kier molecular flexibility index (Phi) is 3.46. The lowest BCUT2D eigenvalue weighted by Gasteiger charge is -2.34. The minimum absolute atomic E-state index is 0.0226. The van der Waals surface area contributed by atoms with Gasteiger partial charge in [0.25, 0.3) is 0 Å². The normalized spacial score (nSPS) is 17.7. The van der Waals surface area contributed by atoms with Crippen LogP contribution in [0.25, 0.3) is 10.9 Å². The van der Waals surface area contributed by atoms with Crippen molar-refractivity contribution in [3.8, 4) is 0 Å². The Morgan fingerprint density at radius 1 is 1.35 bits per heavy atom. The zero-order chi connectivity index (χ0) is 17.7. The Labute approximate surface area is 149 Å². The average molecular weight is 350 g/mol. The molecule has 0 bridgehead atoms. The van der Waals surface area contributed by atoms with Crippen molar-refractivity contribution in [3.63, 3.8) is 0 Å². The van der Waals surface area contributed by atoms with Crippen molar-refractivity contribution < 1.29 is 8.81 Å². The summed E-state index contributed by atoms with van der Waals surface area (Å²) in [4.78, 5) is 13.7. The number of hydrogen-bond acceptors (Lipinski definition) is 3. The summed E-state index contributed by atoms with van der Waals surface area (Å²) in [5.74, 6) is 0.705. The highest BCUT2D eigenvalue weighted by molar-refractivity contribution is 5.84. The van der Waals surface area contributed by atoms with Gasteiger partial charge in [0.05, 0.1) is 30.9 Å². The summed E-state index contributed by atoms with van der Waals surface area (Å²) in [6, 6.07) is 8.76. The summed E-state index contributed by atoms with van der Waals surface area (Å²) in [5, 5.41) is 0.917. The van der Waals surface area contributed by atoms with Crippen LogP contribution in [0.5, 0.6) is 0 Å². The molecule has 0 saturated carbocycles. The summed E-state index contributed by atoms with van der Waals surface area (Å²) in [6.07, 6.45) is 4.37. The highest BCUT2D eigenvalue weighted by Gasteiger charge is 2.33. The molecule has 6 heteroatoms. The molecule has 4 aromatic rings. The van der Waals surface area contributed by atoms with Crippen molar-refractivity contribution in [1.82, 2.24) is 19.9 Å². The van der Waals surface area contributed by atoms with Gasteiger partial charge in [-0.3, -0.25) is 4.90 Å². The van der Waals surface area contributed by atoms with Crippen LogP contribution in [-0.4, -0.2) is 26.4 Å². The molecule has 0 amide bonds. The van der Waals surface area contributed by atoms with Gasteiger partial charge in [-0.15, -0.1) is 0 Å². The number of furan rings is 1. The molecule has 5 nitrogen and oxygen atoms in total. The molecule has 26 heavy (non-hydrogen) atoms. The van der Waals surface area contributed by atoms with Crippen LogP contribution in [0, 0.1) is 12.7 Å². The Morgan fingerprint density at radius 2 is 2.27 bits per heavy atom. The third-order valence-electron chi connectivity index (χ3n) is 5.30. The molecule has 3 aromatic heterocycles. The third kappa shape index (κ3) is 2.37. The van der Waals surface area contributed by atoms with Gasteiger partial charge in [0.2, 0.25) is 0 Å². The van der Waals surface area contributed by atoms with Gasteiger partial charge in [-0.2, -0.15) is 0 Å². The topological polar surface area (TPSA) is 60.9 Å². The second-order valence-electron chi connectivity index (χ2n) is 6.82. The lowest BCUT2D eigenvalue weighted by molar-refractivity contribution is 0.182. The molecule has 1 aromatic carbocycles. The highest BCUT2D eigenvalue weighted by Crippen LogP contribution is 2.37. The minimum atomic E-state index is -0.220. The van der Waals surface area contributed by atoms with Crippen molar-refractivity contribution in [1.29, 1.82) is 0 Å². The molecule has 1 aliphatic rings. The fourth-order valence-corrected chi connectivity index (χ4v) is 4.01. The number of aromatic amines is 2. The zero-order valence-electron chi connectivity index (χ0n) is 14.4. The van der Waals surface area contributed by atoms with Gasteiger partial charge in [-0.25, -0.2) is 9.37 Å². The predicted octanol–water partition coefficient (Wildman–Crippen LogP) is 4.08. The van der Waals surface area contributed by atoms with Gasteiger partial charge in [0.15, 0.2) is 0 Å². The predicted molar refractivity (Wildman–Crippen MR) is 96.2 cm³/mol. The SMILES string of the molecule is Cc1c(C2c3nc[nH]c3CCN2Cc2ccco2)[nH]c2ccc(F)cc12. The van der Waals surface area contributed by atoms with Crippen molar-refractivity contribution in [3.05, 3.63) is 77.1 Å². The van der Waals surface area contributed by atoms with E-state index in [4.69, 9.17) is 4.42 Å². The summed E-state index contributed by atoms with van der Waals surface area (Å²) in [5.41, 5.74) is 5.25. The molecule has 0 aliphatic carbocycles. The van der Waals surface area contributed by atoms with Gasteiger partial charge in [-0.1, -0.05) is 0 Å². The summed E-state index contributed by atoms with van der Waals surface area (Å²) in [7, 11) is 0. The lowest BCUT2D eigenvalue weighted by Crippen LogP contribution is -2.36. The highest BCUT2D eigenvalue weighted by atomic mass is 19.1. The van der Waals surface area contributed by atoms with Gasteiger partial charge < -0.3 is 14.4 Å². The number of nitrogens with one attached hydrogen (secondary N) is 2. The molecular formula is C20H19FN4O. The van der Waals surface area contributed by atoms with E-state index in [-0.39, 0.29) is 11.9 Å². The summed E-state index contributed by atoms with van der Waals surface area (Å²) >= 11 is 0. The Morgan fingerprint density at radius 3 is 3.12 bits per heavy atom. The van der Waals surface area contributed by atoms with E-state index in [0.29, 0.717) is 6.54 Å². The second-order valence-corrected chi connectivity index (χ2v) is 6.82. The summed E-state index contributed by atoms with van der Waals surface area (Å²) in [6.45, 7) is 3.64. The van der Waals surface area contributed by atoms with E-state index in [2.05, 4.69) is 19.9 Å². The Balaban J connectivity index is 1.64. The van der Waals surface area contributed by atoms with Crippen molar-refractivity contribution in [2.24, 2.45) is 0 Å². The van der Waals surface area contributed by atoms with Gasteiger partial charge in [-0.05, 0) is 42.8 Å². The maximum absolute atomic E-state index is 13.7. The first-order valence-corrected chi connectivity index (χ1v) is 8.77. The molecule has 0 fully saturated rings. The third-order valence-corrected chi connectivity index (χ3v) is 5.30. The van der Waals surface area contributed by atoms with Crippen LogP contribution in [0.2, 0.25) is 0 Å². The van der Waals surface area contributed by atoms with E-state index in [0.717, 1.165) is 52.3 Å². The molecule has 1 unspecified atom stereocenters. The van der Waals surface area contributed by atoms with E-state index < -0.39 is 0 Å². The van der Waals surface area contributed by atoms with Gasteiger partial charge >= 0.3 is 0 Å². The molecule has 132 valence electrons. The minimum Gasteiger partial charge on any atom is -0.468 e. The number of benzene rings is 1. The molecule has 0 spiro atoms. The quantitative estimate of drug-likeness (QED) is 0.585. The number of H-pyrrole nitrogens is 2. The number of aromatic nitrogens is 3. The van der Waals surface area contributed by atoms with Crippen molar-refractivity contribution >= 4 is 10.9 Å². The smallest absolute Gasteiger partial charge is 0.123 e. The Bertz CT molecular complexity index is 1060. The number of fused-ring (bicyclic) bond motifs is 2. The molecule has 2 N–H and O–H groups in total. The van der Waals surface area contributed by atoms with E-state index >= 15 is 0 Å². The molecule has 0 radical (unpaired) electrons. The first-order valence-electron chi connectivity index (χ1n) is 8.77. The summed E-state index contributed by atoms with van der Waals surface area (Å²) < 4.78 is 19.3. The molecule has 0 saturated heterocycles. The number of nitrogens with zero attached hydrogens (tertiary/aromatic N) is 2. The lowest BCUT2D eigenvalue weighted by atomic mass is 9.97. The standard InChI is InChI=1S/C20H19FN4O/c1-12-15-9-13(21)4-5-16(15)24-18(12)20-19-17(22-11-23-19)6-7-25(20)10-14-3-2-8-26-14/h2-5,8-9,11,20,24H,6-7,10H2,1H3,(H,22,23). The fourth-order valence-electron chi connectivity index (χ4n) is 4.01. The van der Waals surface area contributed by atoms with E-state index in [1.165, 1.54) is 6.07 Å². The number of halogens is 1. The Hall–Kier alpha value is -2.86. The number of hydrogen-bond donors (Lipinski definition) is 2. The fraction of sp³-hybridized carbons (Fsp3) is 0.250. The largest absolute Gasteiger partial charge is 0.468 e. The van der Waals surface area contributed by atoms with E-state index in [1.807, 2.05) is 19.1 Å². The zero-order valence-corrected chi connectivity index (χ0v) is 14.4. The van der Waals surface area contributed by atoms with Crippen LogP contribution in [0.3, 0.4) is 0 Å². The van der Waals surface area contributed by atoms with Gasteiger partial charge in [0, 0.05) is 35.3 Å². The van der Waals surface area contributed by atoms with E-state index in [1.54, 1.807) is 24.7 Å². The second kappa shape index (κ2) is 5.85. The van der Waals surface area contributed by atoms with Crippen LogP contribution in [-0.2, 0) is 13.0 Å². The van der Waals surface area contributed by atoms with Crippen LogP contribution in [0.4, 0.5) is 4.39 Å². The molecule has 5 rings (SSSR count). The number of rotatable bonds is 3. The van der Waals surface area contributed by atoms with Crippen molar-refractivity contribution in [2.75, 3.05) is 6.54 Å². The van der Waals surface area contributed by atoms with Crippen LogP contribution >= 0.6 is 0 Å². The van der Waals surface area contributed by atoms with Crippen molar-refractivity contribution in [2.45, 2.75) is 25.9 Å². The van der Waals surface area contributed by atoms with Crippen LogP contribution < -0.4 is 0 Å². The maximum Gasteiger partial charge on any atom is 0.123 e. The average Bonchev–Trinajstić information content (AvgIpc) is 3.36. The molecule has 1 aliphatic heterocycles. The molecule has 4 heterocycles. The monoisotopic (exact) mass is 350 g/mol. The molecule has 1 atom stereocenters. The van der Waals surface area contributed by atoms with Gasteiger partial charge in [0.1, 0.15) is 11.6 Å². The number of aryl methyl sites for hydroxylation is 1. The first kappa shape index (κ1) is 15.4. The first-order chi connectivity index (χ1) is 12.7. The number of imidazole rings is 1. The van der Waals surface area contributed by atoms with Crippen LogP contribution in [0.15, 0.2) is 47.3 Å². The molecular weight excluding hydrogens is 331 g/mol.